The van der Waals surface area contributed by atoms with E-state index in [2.05, 4.69) is 0 Å². The van der Waals surface area contributed by atoms with E-state index in [0.29, 0.717) is 23.6 Å². The molecule has 21 heavy (non-hydrogen) atoms. The van der Waals surface area contributed by atoms with Crippen molar-refractivity contribution in [2.24, 2.45) is 5.73 Å². The Morgan fingerprint density at radius 1 is 1.19 bits per heavy atom. The first kappa shape index (κ1) is 15.8. The Morgan fingerprint density at radius 3 is 2.48 bits per heavy atom. The lowest BCUT2D eigenvalue weighted by atomic mass is 10.0. The van der Waals surface area contributed by atoms with Gasteiger partial charge in [-0.05, 0) is 43.2 Å². The second-order valence-electron chi connectivity index (χ2n) is 5.40. The first-order chi connectivity index (χ1) is 9.97. The third kappa shape index (κ3) is 4.19. The molecule has 0 spiro atoms. The second-order valence-corrected chi connectivity index (χ2v) is 5.84. The molecule has 2 aromatic rings. The molecule has 0 aromatic heterocycles. The summed E-state index contributed by atoms with van der Waals surface area (Å²) in [5.41, 5.74) is 8.50. The summed E-state index contributed by atoms with van der Waals surface area (Å²) in [6, 6.07) is 12.7. The van der Waals surface area contributed by atoms with Crippen molar-refractivity contribution >= 4 is 17.3 Å². The van der Waals surface area contributed by atoms with Crippen LogP contribution >= 0.6 is 11.6 Å². The van der Waals surface area contributed by atoms with E-state index < -0.39 is 0 Å². The average Bonchev–Trinajstić information content (AvgIpc) is 2.43. The highest BCUT2D eigenvalue weighted by atomic mass is 35.5. The first-order valence-corrected chi connectivity index (χ1v) is 7.33. The van der Waals surface area contributed by atoms with Crippen LogP contribution in [0, 0.1) is 5.82 Å². The lowest BCUT2D eigenvalue weighted by Gasteiger charge is -2.24. The molecule has 2 rings (SSSR count). The van der Waals surface area contributed by atoms with E-state index in [0.717, 1.165) is 11.3 Å². The average molecular weight is 307 g/mol. The van der Waals surface area contributed by atoms with Gasteiger partial charge in [0.25, 0.3) is 0 Å². The van der Waals surface area contributed by atoms with E-state index in [4.69, 9.17) is 17.3 Å². The zero-order valence-corrected chi connectivity index (χ0v) is 13.1. The quantitative estimate of drug-likeness (QED) is 0.904. The molecule has 2 nitrogen and oxygen atoms in total. The summed E-state index contributed by atoms with van der Waals surface area (Å²) < 4.78 is 14.1. The number of nitrogens with zero attached hydrogens (tertiary/aromatic N) is 1. The lowest BCUT2D eigenvalue weighted by Crippen LogP contribution is -2.23. The molecule has 0 radical (unpaired) electrons. The highest BCUT2D eigenvalue weighted by Crippen LogP contribution is 2.25. The van der Waals surface area contributed by atoms with Gasteiger partial charge in [0.1, 0.15) is 5.82 Å². The molecular weight excluding hydrogens is 287 g/mol. The summed E-state index contributed by atoms with van der Waals surface area (Å²) in [6.07, 6.45) is 0.521. The standard InChI is InChI=1S/C17H20ClFN2/c1-12(20)10-15-16(19)4-3-5-17(15)21(2)11-13-6-8-14(18)9-7-13/h3-9,12H,10-11,20H2,1-2H3. The topological polar surface area (TPSA) is 29.3 Å². The molecular formula is C17H20ClFN2. The molecule has 0 amide bonds. The van der Waals surface area contributed by atoms with Crippen LogP contribution in [-0.4, -0.2) is 13.1 Å². The maximum atomic E-state index is 14.1. The normalized spacial score (nSPS) is 12.2. The number of hydrogen-bond donors (Lipinski definition) is 1. The SMILES string of the molecule is CC(N)Cc1c(F)cccc1N(C)Cc1ccc(Cl)cc1. The van der Waals surface area contributed by atoms with Crippen molar-refractivity contribution in [1.82, 2.24) is 0 Å². The van der Waals surface area contributed by atoms with Crippen molar-refractivity contribution < 1.29 is 4.39 Å². The van der Waals surface area contributed by atoms with Gasteiger partial charge in [0.05, 0.1) is 0 Å². The molecule has 0 aliphatic carbocycles. The lowest BCUT2D eigenvalue weighted by molar-refractivity contribution is 0.595. The summed E-state index contributed by atoms with van der Waals surface area (Å²) in [7, 11) is 1.95. The fraction of sp³-hybridized carbons (Fsp3) is 0.294. The predicted molar refractivity (Wildman–Crippen MR) is 87.3 cm³/mol. The van der Waals surface area contributed by atoms with Gasteiger partial charge in [-0.15, -0.1) is 0 Å². The first-order valence-electron chi connectivity index (χ1n) is 6.96. The van der Waals surface area contributed by atoms with E-state index in [-0.39, 0.29) is 11.9 Å². The molecule has 0 saturated heterocycles. The summed E-state index contributed by atoms with van der Waals surface area (Å²) in [5, 5.41) is 0.713. The van der Waals surface area contributed by atoms with Crippen molar-refractivity contribution in [2.75, 3.05) is 11.9 Å². The van der Waals surface area contributed by atoms with Crippen LogP contribution in [0.3, 0.4) is 0 Å². The van der Waals surface area contributed by atoms with Crippen LogP contribution in [0.2, 0.25) is 5.02 Å². The van der Waals surface area contributed by atoms with Crippen molar-refractivity contribution in [3.05, 3.63) is 64.4 Å². The molecule has 0 fully saturated rings. The third-order valence-corrected chi connectivity index (χ3v) is 3.62. The molecule has 1 atom stereocenters. The fourth-order valence-electron chi connectivity index (χ4n) is 2.38. The summed E-state index contributed by atoms with van der Waals surface area (Å²) >= 11 is 5.89. The molecule has 0 heterocycles. The number of anilines is 1. The monoisotopic (exact) mass is 306 g/mol. The van der Waals surface area contributed by atoms with E-state index in [1.165, 1.54) is 6.07 Å². The Bertz CT molecular complexity index is 596. The molecule has 0 aliphatic heterocycles. The van der Waals surface area contributed by atoms with E-state index in [9.17, 15) is 4.39 Å². The summed E-state index contributed by atoms with van der Waals surface area (Å²) in [5.74, 6) is -0.201. The summed E-state index contributed by atoms with van der Waals surface area (Å²) in [4.78, 5) is 2.03. The minimum atomic E-state index is -0.201. The van der Waals surface area contributed by atoms with Gasteiger partial charge >= 0.3 is 0 Å². The molecule has 2 N–H and O–H groups in total. The largest absolute Gasteiger partial charge is 0.370 e. The second kappa shape index (κ2) is 6.92. The Balaban J connectivity index is 2.24. The Kier molecular flexibility index (Phi) is 5.21. The molecule has 112 valence electrons. The zero-order chi connectivity index (χ0) is 15.4. The number of halogens is 2. The van der Waals surface area contributed by atoms with Gasteiger partial charge in [-0.3, -0.25) is 0 Å². The Morgan fingerprint density at radius 2 is 1.86 bits per heavy atom. The minimum Gasteiger partial charge on any atom is -0.370 e. The molecule has 0 saturated carbocycles. The molecule has 0 bridgehead atoms. The number of rotatable bonds is 5. The Labute approximate surface area is 130 Å². The van der Waals surface area contributed by atoms with Crippen LogP contribution in [0.1, 0.15) is 18.1 Å². The predicted octanol–water partition coefficient (Wildman–Crippen LogP) is 4.01. The third-order valence-electron chi connectivity index (χ3n) is 3.36. The molecule has 1 unspecified atom stereocenters. The van der Waals surface area contributed by atoms with Crippen molar-refractivity contribution in [3.8, 4) is 0 Å². The minimum absolute atomic E-state index is 0.0791. The van der Waals surface area contributed by atoms with Crippen molar-refractivity contribution in [2.45, 2.75) is 25.9 Å². The molecule has 0 aliphatic rings. The van der Waals surface area contributed by atoms with E-state index >= 15 is 0 Å². The number of nitrogens with two attached hydrogens (primary N) is 1. The summed E-state index contributed by atoms with van der Waals surface area (Å²) in [6.45, 7) is 2.57. The van der Waals surface area contributed by atoms with E-state index in [1.54, 1.807) is 6.07 Å². The maximum absolute atomic E-state index is 14.1. The Hall–Kier alpha value is -1.58. The van der Waals surface area contributed by atoms with E-state index in [1.807, 2.05) is 49.2 Å². The zero-order valence-electron chi connectivity index (χ0n) is 12.3. The van der Waals surface area contributed by atoms with Gasteiger partial charge < -0.3 is 10.6 Å². The van der Waals surface area contributed by atoms with Crippen LogP contribution in [0.5, 0.6) is 0 Å². The highest BCUT2D eigenvalue weighted by molar-refractivity contribution is 6.30. The smallest absolute Gasteiger partial charge is 0.128 e. The van der Waals surface area contributed by atoms with Crippen LogP contribution in [0.15, 0.2) is 42.5 Å². The highest BCUT2D eigenvalue weighted by Gasteiger charge is 2.13. The van der Waals surface area contributed by atoms with Gasteiger partial charge in [0, 0.05) is 35.9 Å². The van der Waals surface area contributed by atoms with Crippen LogP contribution in [0.4, 0.5) is 10.1 Å². The van der Waals surface area contributed by atoms with Gasteiger partial charge in [-0.25, -0.2) is 4.39 Å². The van der Waals surface area contributed by atoms with Crippen LogP contribution in [-0.2, 0) is 13.0 Å². The number of benzene rings is 2. The maximum Gasteiger partial charge on any atom is 0.128 e. The fourth-order valence-corrected chi connectivity index (χ4v) is 2.50. The van der Waals surface area contributed by atoms with Crippen LogP contribution < -0.4 is 10.6 Å². The van der Waals surface area contributed by atoms with Crippen molar-refractivity contribution in [3.63, 3.8) is 0 Å². The van der Waals surface area contributed by atoms with Crippen LogP contribution in [0.25, 0.3) is 0 Å². The van der Waals surface area contributed by atoms with Gasteiger partial charge in [-0.1, -0.05) is 29.8 Å². The van der Waals surface area contributed by atoms with Gasteiger partial charge in [-0.2, -0.15) is 0 Å². The molecule has 2 aromatic carbocycles. The van der Waals surface area contributed by atoms with Crippen molar-refractivity contribution in [1.29, 1.82) is 0 Å². The number of hydrogen-bond acceptors (Lipinski definition) is 2. The molecule has 4 heteroatoms. The van der Waals surface area contributed by atoms with Gasteiger partial charge in [0.15, 0.2) is 0 Å². The van der Waals surface area contributed by atoms with Gasteiger partial charge in [0.2, 0.25) is 0 Å².